The summed E-state index contributed by atoms with van der Waals surface area (Å²) in [5, 5.41) is 11.6. The van der Waals surface area contributed by atoms with Crippen LogP contribution in [0, 0.1) is 5.92 Å². The molecule has 1 N–H and O–H groups in total. The van der Waals surface area contributed by atoms with Crippen molar-refractivity contribution in [2.24, 2.45) is 5.92 Å². The summed E-state index contributed by atoms with van der Waals surface area (Å²) in [6.45, 7) is 0. The molecule has 1 aliphatic carbocycles. The predicted molar refractivity (Wildman–Crippen MR) is 82.0 cm³/mol. The third-order valence-corrected chi connectivity index (χ3v) is 4.64. The van der Waals surface area contributed by atoms with Gasteiger partial charge >= 0.3 is 0 Å². The number of hydrogen-bond donors (Lipinski definition) is 1. The Bertz CT molecular complexity index is 398. The Morgan fingerprint density at radius 3 is 2.42 bits per heavy atom. The first kappa shape index (κ1) is 15.2. The Morgan fingerprint density at radius 2 is 1.79 bits per heavy atom. The van der Waals surface area contributed by atoms with E-state index < -0.39 is 0 Å². The fourth-order valence-electron chi connectivity index (χ4n) is 3.01. The van der Waals surface area contributed by atoms with E-state index in [4.69, 9.17) is 23.2 Å². The van der Waals surface area contributed by atoms with Gasteiger partial charge < -0.3 is 5.11 Å². The van der Waals surface area contributed by atoms with Crippen molar-refractivity contribution in [2.45, 2.75) is 57.5 Å². The molecule has 1 atom stereocenters. The van der Waals surface area contributed by atoms with Crippen LogP contribution in [-0.4, -0.2) is 11.2 Å². The van der Waals surface area contributed by atoms with Crippen LogP contribution < -0.4 is 0 Å². The Kier molecular flexibility index (Phi) is 6.00. The van der Waals surface area contributed by atoms with Gasteiger partial charge in [-0.05, 0) is 36.5 Å². The first-order valence-electron chi connectivity index (χ1n) is 7.27. The predicted octanol–water partition coefficient (Wildman–Crippen LogP) is 5.26. The van der Waals surface area contributed by atoms with Crippen LogP contribution in [0.3, 0.4) is 0 Å². The second kappa shape index (κ2) is 7.52. The highest BCUT2D eigenvalue weighted by molar-refractivity contribution is 6.35. The number of hydrogen-bond acceptors (Lipinski definition) is 1. The SMILES string of the molecule is OC(Cc1ccc(Cl)cc1Cl)CC1CCCCCC1. The van der Waals surface area contributed by atoms with Gasteiger partial charge in [0.15, 0.2) is 0 Å². The van der Waals surface area contributed by atoms with E-state index in [2.05, 4.69) is 0 Å². The first-order valence-corrected chi connectivity index (χ1v) is 8.02. The van der Waals surface area contributed by atoms with Gasteiger partial charge in [-0.25, -0.2) is 0 Å². The molecule has 1 aliphatic rings. The fourth-order valence-corrected chi connectivity index (χ4v) is 3.49. The molecule has 1 saturated carbocycles. The highest BCUT2D eigenvalue weighted by Crippen LogP contribution is 2.28. The lowest BCUT2D eigenvalue weighted by Crippen LogP contribution is -2.16. The van der Waals surface area contributed by atoms with Gasteiger partial charge in [0.05, 0.1) is 6.10 Å². The zero-order valence-electron chi connectivity index (χ0n) is 11.2. The summed E-state index contributed by atoms with van der Waals surface area (Å²) in [5.74, 6) is 0.684. The maximum absolute atomic E-state index is 10.2. The molecule has 3 heteroatoms. The average Bonchev–Trinajstić information content (AvgIpc) is 2.61. The monoisotopic (exact) mass is 300 g/mol. The average molecular weight is 301 g/mol. The third-order valence-electron chi connectivity index (χ3n) is 4.05. The standard InChI is InChI=1S/C16H22Cl2O/c17-14-8-7-13(16(18)11-14)10-15(19)9-12-5-3-1-2-4-6-12/h7-8,11-12,15,19H,1-6,9-10H2. The summed E-state index contributed by atoms with van der Waals surface area (Å²) in [4.78, 5) is 0. The van der Waals surface area contributed by atoms with Crippen molar-refractivity contribution in [1.29, 1.82) is 0 Å². The van der Waals surface area contributed by atoms with E-state index in [0.717, 1.165) is 12.0 Å². The van der Waals surface area contributed by atoms with E-state index >= 15 is 0 Å². The van der Waals surface area contributed by atoms with Crippen molar-refractivity contribution in [3.05, 3.63) is 33.8 Å². The van der Waals surface area contributed by atoms with Crippen LogP contribution in [0.1, 0.15) is 50.5 Å². The molecule has 0 aromatic heterocycles. The molecule has 0 heterocycles. The number of rotatable bonds is 4. The molecule has 0 saturated heterocycles. The molecule has 0 spiro atoms. The Labute approximate surface area is 125 Å². The van der Waals surface area contributed by atoms with Crippen LogP contribution in [0.5, 0.6) is 0 Å². The van der Waals surface area contributed by atoms with E-state index in [9.17, 15) is 5.11 Å². The fraction of sp³-hybridized carbons (Fsp3) is 0.625. The summed E-state index contributed by atoms with van der Waals surface area (Å²) in [6, 6.07) is 5.50. The lowest BCUT2D eigenvalue weighted by molar-refractivity contribution is 0.137. The quantitative estimate of drug-likeness (QED) is 0.752. The van der Waals surface area contributed by atoms with Crippen molar-refractivity contribution in [3.63, 3.8) is 0 Å². The molecule has 0 radical (unpaired) electrons. The zero-order valence-corrected chi connectivity index (χ0v) is 12.8. The van der Waals surface area contributed by atoms with Gasteiger partial charge in [-0.15, -0.1) is 0 Å². The molecular formula is C16H22Cl2O. The first-order chi connectivity index (χ1) is 9.15. The maximum atomic E-state index is 10.2. The largest absolute Gasteiger partial charge is 0.393 e. The Hall–Kier alpha value is -0.240. The van der Waals surface area contributed by atoms with Gasteiger partial charge in [0.25, 0.3) is 0 Å². The lowest BCUT2D eigenvalue weighted by atomic mass is 9.91. The van der Waals surface area contributed by atoms with Gasteiger partial charge in [0.2, 0.25) is 0 Å². The molecule has 1 nitrogen and oxygen atoms in total. The third kappa shape index (κ3) is 4.98. The number of benzene rings is 1. The van der Waals surface area contributed by atoms with Gasteiger partial charge in [0.1, 0.15) is 0 Å². The molecule has 1 fully saturated rings. The minimum atomic E-state index is -0.290. The molecule has 2 rings (SSSR count). The van der Waals surface area contributed by atoms with Gasteiger partial charge in [-0.3, -0.25) is 0 Å². The van der Waals surface area contributed by atoms with Crippen molar-refractivity contribution in [1.82, 2.24) is 0 Å². The van der Waals surface area contributed by atoms with Crippen LogP contribution in [0.25, 0.3) is 0 Å². The van der Waals surface area contributed by atoms with Gasteiger partial charge in [-0.1, -0.05) is 67.8 Å². The summed E-state index contributed by atoms with van der Waals surface area (Å²) < 4.78 is 0. The molecule has 1 aromatic rings. The Balaban J connectivity index is 1.87. The van der Waals surface area contributed by atoms with Crippen LogP contribution in [0.4, 0.5) is 0 Å². The van der Waals surface area contributed by atoms with Crippen LogP contribution >= 0.6 is 23.2 Å². The zero-order chi connectivity index (χ0) is 13.7. The maximum Gasteiger partial charge on any atom is 0.0583 e. The second-order valence-electron chi connectivity index (χ2n) is 5.69. The summed E-state index contributed by atoms with van der Waals surface area (Å²) in [6.07, 6.45) is 9.13. The summed E-state index contributed by atoms with van der Waals surface area (Å²) in [7, 11) is 0. The van der Waals surface area contributed by atoms with E-state index in [1.807, 2.05) is 12.1 Å². The lowest BCUT2D eigenvalue weighted by Gasteiger charge is -2.19. The molecular weight excluding hydrogens is 279 g/mol. The Morgan fingerprint density at radius 1 is 1.11 bits per heavy atom. The number of aliphatic hydroxyl groups excluding tert-OH is 1. The van der Waals surface area contributed by atoms with E-state index in [1.54, 1.807) is 6.07 Å². The van der Waals surface area contributed by atoms with Crippen LogP contribution in [-0.2, 0) is 6.42 Å². The molecule has 1 aromatic carbocycles. The smallest absolute Gasteiger partial charge is 0.0583 e. The molecule has 19 heavy (non-hydrogen) atoms. The van der Waals surface area contributed by atoms with E-state index in [0.29, 0.717) is 22.4 Å². The summed E-state index contributed by atoms with van der Waals surface area (Å²) in [5.41, 5.74) is 0.993. The second-order valence-corrected chi connectivity index (χ2v) is 6.53. The van der Waals surface area contributed by atoms with Crippen molar-refractivity contribution in [2.75, 3.05) is 0 Å². The molecule has 0 aliphatic heterocycles. The van der Waals surface area contributed by atoms with Crippen LogP contribution in [0.15, 0.2) is 18.2 Å². The highest BCUT2D eigenvalue weighted by atomic mass is 35.5. The van der Waals surface area contributed by atoms with Crippen molar-refractivity contribution in [3.8, 4) is 0 Å². The number of aliphatic hydroxyl groups is 1. The molecule has 0 bridgehead atoms. The van der Waals surface area contributed by atoms with Crippen LogP contribution in [0.2, 0.25) is 10.0 Å². The van der Waals surface area contributed by atoms with E-state index in [-0.39, 0.29) is 6.10 Å². The van der Waals surface area contributed by atoms with Gasteiger partial charge in [0, 0.05) is 10.0 Å². The summed E-state index contributed by atoms with van der Waals surface area (Å²) >= 11 is 12.0. The minimum Gasteiger partial charge on any atom is -0.393 e. The molecule has 0 amide bonds. The highest BCUT2D eigenvalue weighted by Gasteiger charge is 2.17. The topological polar surface area (TPSA) is 20.2 Å². The molecule has 106 valence electrons. The van der Waals surface area contributed by atoms with Gasteiger partial charge in [-0.2, -0.15) is 0 Å². The minimum absolute atomic E-state index is 0.290. The van der Waals surface area contributed by atoms with Crippen molar-refractivity contribution < 1.29 is 5.11 Å². The van der Waals surface area contributed by atoms with E-state index in [1.165, 1.54) is 38.5 Å². The number of halogens is 2. The van der Waals surface area contributed by atoms with Crippen molar-refractivity contribution >= 4 is 23.2 Å². The normalized spacial score (nSPS) is 19.1. The molecule has 1 unspecified atom stereocenters.